The molecule has 0 aliphatic rings. The molecule has 0 fully saturated rings. The molecule has 0 atom stereocenters. The van der Waals surface area contributed by atoms with E-state index in [0.717, 1.165) is 0 Å². The Morgan fingerprint density at radius 1 is 1.50 bits per heavy atom. The number of nitro benzene ring substituents is 1. The SMILES string of the molecule is CC(C)(N)COc1cc(Br)cc([N+](=O)[O-])c1. The largest absolute Gasteiger partial charge is 0.491 e. The number of nitro groups is 1. The fourth-order valence-corrected chi connectivity index (χ4v) is 1.47. The van der Waals surface area contributed by atoms with Gasteiger partial charge in [0.2, 0.25) is 0 Å². The average molecular weight is 289 g/mol. The van der Waals surface area contributed by atoms with Crippen LogP contribution in [0.15, 0.2) is 22.7 Å². The summed E-state index contributed by atoms with van der Waals surface area (Å²) >= 11 is 3.19. The molecule has 0 aliphatic heterocycles. The molecule has 5 nitrogen and oxygen atoms in total. The molecule has 88 valence electrons. The molecule has 0 unspecified atom stereocenters. The van der Waals surface area contributed by atoms with Crippen LogP contribution >= 0.6 is 15.9 Å². The van der Waals surface area contributed by atoms with Crippen LogP contribution in [0.4, 0.5) is 5.69 Å². The van der Waals surface area contributed by atoms with Crippen molar-refractivity contribution in [2.45, 2.75) is 19.4 Å². The van der Waals surface area contributed by atoms with Gasteiger partial charge in [-0.3, -0.25) is 10.1 Å². The van der Waals surface area contributed by atoms with E-state index in [1.54, 1.807) is 6.07 Å². The minimum absolute atomic E-state index is 0.0146. The number of hydrogen-bond acceptors (Lipinski definition) is 4. The maximum absolute atomic E-state index is 10.6. The smallest absolute Gasteiger partial charge is 0.274 e. The lowest BCUT2D eigenvalue weighted by Crippen LogP contribution is -2.38. The number of nitrogens with zero attached hydrogens (tertiary/aromatic N) is 1. The summed E-state index contributed by atoms with van der Waals surface area (Å²) in [5, 5.41) is 10.6. The highest BCUT2D eigenvalue weighted by Gasteiger charge is 2.14. The predicted molar refractivity (Wildman–Crippen MR) is 64.6 cm³/mol. The molecule has 0 amide bonds. The second-order valence-electron chi connectivity index (χ2n) is 4.18. The molecule has 0 aliphatic carbocycles. The zero-order valence-corrected chi connectivity index (χ0v) is 10.7. The van der Waals surface area contributed by atoms with Crippen LogP contribution in [0.1, 0.15) is 13.8 Å². The van der Waals surface area contributed by atoms with Crippen LogP contribution in [0.25, 0.3) is 0 Å². The Balaban J connectivity index is 2.85. The van der Waals surface area contributed by atoms with E-state index in [0.29, 0.717) is 16.8 Å². The Labute approximate surface area is 102 Å². The van der Waals surface area contributed by atoms with Gasteiger partial charge in [-0.25, -0.2) is 0 Å². The van der Waals surface area contributed by atoms with E-state index in [-0.39, 0.29) is 5.69 Å². The van der Waals surface area contributed by atoms with Gasteiger partial charge >= 0.3 is 0 Å². The van der Waals surface area contributed by atoms with E-state index in [2.05, 4.69) is 15.9 Å². The van der Waals surface area contributed by atoms with Gasteiger partial charge in [-0.15, -0.1) is 0 Å². The van der Waals surface area contributed by atoms with Crippen molar-refractivity contribution in [3.8, 4) is 5.75 Å². The zero-order valence-electron chi connectivity index (χ0n) is 9.07. The van der Waals surface area contributed by atoms with E-state index < -0.39 is 10.5 Å². The minimum Gasteiger partial charge on any atom is -0.491 e. The maximum Gasteiger partial charge on any atom is 0.274 e. The highest BCUT2D eigenvalue weighted by molar-refractivity contribution is 9.10. The first-order chi connectivity index (χ1) is 7.28. The highest BCUT2D eigenvalue weighted by Crippen LogP contribution is 2.26. The van der Waals surface area contributed by atoms with E-state index in [1.165, 1.54) is 12.1 Å². The van der Waals surface area contributed by atoms with E-state index in [4.69, 9.17) is 10.5 Å². The number of halogens is 1. The van der Waals surface area contributed by atoms with Crippen molar-refractivity contribution in [1.29, 1.82) is 0 Å². The molecule has 0 bridgehead atoms. The van der Waals surface area contributed by atoms with Gasteiger partial charge in [-0.05, 0) is 19.9 Å². The molecule has 0 saturated heterocycles. The Kier molecular flexibility index (Phi) is 3.88. The van der Waals surface area contributed by atoms with Gasteiger partial charge in [-0.1, -0.05) is 15.9 Å². The van der Waals surface area contributed by atoms with E-state index in [1.807, 2.05) is 13.8 Å². The van der Waals surface area contributed by atoms with Crippen molar-refractivity contribution < 1.29 is 9.66 Å². The number of hydrogen-bond donors (Lipinski definition) is 1. The van der Waals surface area contributed by atoms with Crippen molar-refractivity contribution >= 4 is 21.6 Å². The summed E-state index contributed by atoms with van der Waals surface area (Å²) in [6, 6.07) is 4.45. The lowest BCUT2D eigenvalue weighted by Gasteiger charge is -2.18. The minimum atomic E-state index is -0.475. The first kappa shape index (κ1) is 12.9. The number of ether oxygens (including phenoxy) is 1. The standard InChI is InChI=1S/C10H13BrN2O3/c1-10(2,12)6-16-9-4-7(11)3-8(5-9)13(14)15/h3-5H,6,12H2,1-2H3. The fraction of sp³-hybridized carbons (Fsp3) is 0.400. The summed E-state index contributed by atoms with van der Waals surface area (Å²) in [4.78, 5) is 10.1. The van der Waals surface area contributed by atoms with Crippen LogP contribution in [0, 0.1) is 10.1 Å². The van der Waals surface area contributed by atoms with Gasteiger partial charge in [0.25, 0.3) is 5.69 Å². The van der Waals surface area contributed by atoms with E-state index in [9.17, 15) is 10.1 Å². The van der Waals surface area contributed by atoms with Crippen molar-refractivity contribution in [3.05, 3.63) is 32.8 Å². The number of non-ortho nitro benzene ring substituents is 1. The Bertz CT molecular complexity index is 402. The Morgan fingerprint density at radius 3 is 2.62 bits per heavy atom. The molecular weight excluding hydrogens is 276 g/mol. The van der Waals surface area contributed by atoms with Crippen LogP contribution in [-0.2, 0) is 0 Å². The monoisotopic (exact) mass is 288 g/mol. The van der Waals surface area contributed by atoms with Gasteiger partial charge in [0, 0.05) is 16.1 Å². The lowest BCUT2D eigenvalue weighted by atomic mass is 10.1. The van der Waals surface area contributed by atoms with Crippen molar-refractivity contribution in [3.63, 3.8) is 0 Å². The average Bonchev–Trinajstić information content (AvgIpc) is 2.13. The highest BCUT2D eigenvalue weighted by atomic mass is 79.9. The molecule has 6 heteroatoms. The molecular formula is C10H13BrN2O3. The molecule has 1 rings (SSSR count). The normalized spacial score (nSPS) is 11.2. The lowest BCUT2D eigenvalue weighted by molar-refractivity contribution is -0.385. The fourth-order valence-electron chi connectivity index (χ4n) is 1.01. The Hall–Kier alpha value is -1.14. The predicted octanol–water partition coefficient (Wildman–Crippen LogP) is 2.47. The van der Waals surface area contributed by atoms with Crippen LogP contribution in [0.2, 0.25) is 0 Å². The van der Waals surface area contributed by atoms with Gasteiger partial charge in [0.05, 0.1) is 11.0 Å². The molecule has 2 N–H and O–H groups in total. The Morgan fingerprint density at radius 2 is 2.12 bits per heavy atom. The molecule has 0 heterocycles. The van der Waals surface area contributed by atoms with Crippen LogP contribution in [0.3, 0.4) is 0 Å². The molecule has 0 radical (unpaired) electrons. The maximum atomic E-state index is 10.6. The van der Waals surface area contributed by atoms with Crippen LogP contribution in [-0.4, -0.2) is 17.1 Å². The van der Waals surface area contributed by atoms with Gasteiger partial charge in [-0.2, -0.15) is 0 Å². The van der Waals surface area contributed by atoms with Crippen molar-refractivity contribution in [2.24, 2.45) is 5.73 Å². The number of nitrogens with two attached hydrogens (primary N) is 1. The first-order valence-corrected chi connectivity index (χ1v) is 5.44. The third-order valence-electron chi connectivity index (χ3n) is 1.68. The van der Waals surface area contributed by atoms with Crippen LogP contribution in [0.5, 0.6) is 5.75 Å². The molecule has 1 aromatic rings. The molecule has 0 spiro atoms. The third-order valence-corrected chi connectivity index (χ3v) is 2.14. The summed E-state index contributed by atoms with van der Waals surface area (Å²) in [5.41, 5.74) is 5.26. The third kappa shape index (κ3) is 4.16. The summed E-state index contributed by atoms with van der Waals surface area (Å²) in [5.74, 6) is 0.430. The summed E-state index contributed by atoms with van der Waals surface area (Å²) in [7, 11) is 0. The van der Waals surface area contributed by atoms with Gasteiger partial charge in [0.1, 0.15) is 12.4 Å². The summed E-state index contributed by atoms with van der Waals surface area (Å²) < 4.78 is 5.99. The zero-order chi connectivity index (χ0) is 12.3. The quantitative estimate of drug-likeness (QED) is 0.682. The molecule has 1 aromatic carbocycles. The second kappa shape index (κ2) is 4.80. The van der Waals surface area contributed by atoms with Gasteiger partial charge < -0.3 is 10.5 Å². The van der Waals surface area contributed by atoms with Crippen LogP contribution < -0.4 is 10.5 Å². The summed E-state index contributed by atoms with van der Waals surface area (Å²) in [6.45, 7) is 3.93. The first-order valence-electron chi connectivity index (χ1n) is 4.64. The number of benzene rings is 1. The molecule has 0 saturated carbocycles. The molecule has 16 heavy (non-hydrogen) atoms. The van der Waals surface area contributed by atoms with E-state index >= 15 is 0 Å². The van der Waals surface area contributed by atoms with Gasteiger partial charge in [0.15, 0.2) is 0 Å². The summed E-state index contributed by atoms with van der Waals surface area (Å²) in [6.07, 6.45) is 0. The molecule has 0 aromatic heterocycles. The topological polar surface area (TPSA) is 78.4 Å². The van der Waals surface area contributed by atoms with Crippen molar-refractivity contribution in [1.82, 2.24) is 0 Å². The second-order valence-corrected chi connectivity index (χ2v) is 5.10. The van der Waals surface area contributed by atoms with Crippen molar-refractivity contribution in [2.75, 3.05) is 6.61 Å². The number of rotatable bonds is 4.